The van der Waals surface area contributed by atoms with Gasteiger partial charge in [-0.1, -0.05) is 18.1 Å². The van der Waals surface area contributed by atoms with Gasteiger partial charge in [-0.05, 0) is 45.9 Å². The number of benzene rings is 2. The largest absolute Gasteiger partial charge is 0.490 e. The number of rotatable bonds is 10. The van der Waals surface area contributed by atoms with Gasteiger partial charge in [0.1, 0.15) is 41.5 Å². The van der Waals surface area contributed by atoms with Crippen LogP contribution in [0.25, 0.3) is 10.9 Å². The Morgan fingerprint density at radius 2 is 1.97 bits per heavy atom. The quantitative estimate of drug-likeness (QED) is 0.286. The van der Waals surface area contributed by atoms with Crippen LogP contribution in [0.4, 0.5) is 19.0 Å². The van der Waals surface area contributed by atoms with E-state index in [4.69, 9.17) is 20.6 Å². The smallest absolute Gasteiger partial charge is 0.303 e. The van der Waals surface area contributed by atoms with E-state index in [-0.39, 0.29) is 18.3 Å². The van der Waals surface area contributed by atoms with E-state index >= 15 is 4.39 Å². The molecule has 0 bridgehead atoms. The van der Waals surface area contributed by atoms with Gasteiger partial charge in [-0.3, -0.25) is 0 Å². The Morgan fingerprint density at radius 3 is 2.61 bits per heavy atom. The highest BCUT2D eigenvalue weighted by molar-refractivity contribution is 5.92. The lowest BCUT2D eigenvalue weighted by Gasteiger charge is -2.30. The van der Waals surface area contributed by atoms with Crippen molar-refractivity contribution in [2.45, 2.75) is 51.4 Å². The highest BCUT2D eigenvalue weighted by Gasteiger charge is 2.49. The summed E-state index contributed by atoms with van der Waals surface area (Å²) in [7, 11) is 0. The minimum Gasteiger partial charge on any atom is -0.490 e. The number of anilines is 1. The predicted octanol–water partition coefficient (Wildman–Crippen LogP) is 4.89. The number of nitrogens with zero attached hydrogens (tertiary/aromatic N) is 2. The molecule has 2 heterocycles. The Hall–Kier alpha value is -3.39. The number of hydrogen-bond acceptors (Lipinski definition) is 7. The molecule has 0 saturated carbocycles. The first kappa shape index (κ1) is 27.6. The van der Waals surface area contributed by atoms with Gasteiger partial charge in [0.15, 0.2) is 0 Å². The molecule has 7 nitrogen and oxygen atoms in total. The van der Waals surface area contributed by atoms with Gasteiger partial charge in [0, 0.05) is 10.9 Å². The van der Waals surface area contributed by atoms with Crippen LogP contribution in [0, 0.1) is 25.1 Å². The summed E-state index contributed by atoms with van der Waals surface area (Å²) in [4.78, 5) is 8.92. The molecule has 3 aromatic rings. The number of fused-ring (bicyclic) bond motifs is 1. The summed E-state index contributed by atoms with van der Waals surface area (Å²) in [6.45, 7) is 6.94. The third-order valence-corrected chi connectivity index (χ3v) is 6.32. The number of alkyl halides is 2. The molecule has 2 aromatic carbocycles. The van der Waals surface area contributed by atoms with Crippen molar-refractivity contribution in [3.8, 4) is 18.1 Å². The van der Waals surface area contributed by atoms with E-state index in [0.29, 0.717) is 53.7 Å². The van der Waals surface area contributed by atoms with Crippen molar-refractivity contribution in [3.05, 3.63) is 58.7 Å². The van der Waals surface area contributed by atoms with Crippen LogP contribution in [0.5, 0.6) is 5.75 Å². The number of aromatic nitrogens is 2. The van der Waals surface area contributed by atoms with Crippen LogP contribution in [0.15, 0.2) is 30.3 Å². The van der Waals surface area contributed by atoms with Crippen LogP contribution in [0.1, 0.15) is 49.3 Å². The zero-order chi connectivity index (χ0) is 27.7. The van der Waals surface area contributed by atoms with E-state index < -0.39 is 28.9 Å². The first-order valence-corrected chi connectivity index (χ1v) is 12.2. The van der Waals surface area contributed by atoms with Gasteiger partial charge in [0.25, 0.3) is 0 Å². The zero-order valence-electron chi connectivity index (χ0n) is 21.6. The second kappa shape index (κ2) is 10.8. The second-order valence-corrected chi connectivity index (χ2v) is 9.72. The highest BCUT2D eigenvalue weighted by Crippen LogP contribution is 2.41. The van der Waals surface area contributed by atoms with Crippen LogP contribution in [0.3, 0.4) is 0 Å². The molecule has 1 fully saturated rings. The van der Waals surface area contributed by atoms with Crippen molar-refractivity contribution >= 4 is 16.7 Å². The molecule has 4 rings (SSSR count). The Bertz CT molecular complexity index is 1360. The maximum Gasteiger partial charge on any atom is 0.303 e. The van der Waals surface area contributed by atoms with Crippen LogP contribution < -0.4 is 10.1 Å². The fourth-order valence-corrected chi connectivity index (χ4v) is 4.03. The van der Waals surface area contributed by atoms with Gasteiger partial charge in [0.2, 0.25) is 0 Å². The van der Waals surface area contributed by atoms with Crippen molar-refractivity contribution < 1.29 is 32.5 Å². The average molecular weight is 530 g/mol. The van der Waals surface area contributed by atoms with Gasteiger partial charge in [-0.15, -0.1) is 6.42 Å². The van der Waals surface area contributed by atoms with E-state index in [1.807, 2.05) is 0 Å². The Labute approximate surface area is 219 Å². The van der Waals surface area contributed by atoms with Crippen molar-refractivity contribution in [1.29, 1.82) is 0 Å². The van der Waals surface area contributed by atoms with Crippen molar-refractivity contribution in [3.63, 3.8) is 0 Å². The van der Waals surface area contributed by atoms with Gasteiger partial charge < -0.3 is 24.6 Å². The molecule has 10 heteroatoms. The molecule has 1 aromatic heterocycles. The number of hydrogen-bond donors (Lipinski definition) is 2. The van der Waals surface area contributed by atoms with Crippen LogP contribution in [-0.4, -0.2) is 53.2 Å². The maximum atomic E-state index is 15.3. The molecule has 202 valence electrons. The molecular weight excluding hydrogens is 499 g/mol. The molecule has 0 spiro atoms. The molecule has 1 aliphatic rings. The lowest BCUT2D eigenvalue weighted by molar-refractivity contribution is -0.170. The fraction of sp³-hybridized carbons (Fsp3) is 0.429. The van der Waals surface area contributed by atoms with Crippen LogP contribution in [-0.2, 0) is 15.4 Å². The molecule has 1 unspecified atom stereocenters. The van der Waals surface area contributed by atoms with E-state index in [1.165, 1.54) is 12.1 Å². The van der Waals surface area contributed by atoms with Crippen LogP contribution in [0.2, 0.25) is 0 Å². The SMILES string of the molecule is C#Cc1cc2nc(C)nc(NC(C)c3cccc(C(F)(F)C(C)(C)O)c3F)c2cc1OCCOC1COC1. The average Bonchev–Trinajstić information content (AvgIpc) is 2.81. The van der Waals surface area contributed by atoms with Gasteiger partial charge in [-0.2, -0.15) is 8.78 Å². The van der Waals surface area contributed by atoms with E-state index in [1.54, 1.807) is 26.0 Å². The Morgan fingerprint density at radius 1 is 1.24 bits per heavy atom. The first-order chi connectivity index (χ1) is 17.9. The maximum absolute atomic E-state index is 15.3. The van der Waals surface area contributed by atoms with Crippen molar-refractivity contribution in [2.24, 2.45) is 0 Å². The molecule has 0 aliphatic carbocycles. The first-order valence-electron chi connectivity index (χ1n) is 12.2. The lowest BCUT2D eigenvalue weighted by Crippen LogP contribution is -2.41. The van der Waals surface area contributed by atoms with Gasteiger partial charge in [0.05, 0.1) is 42.5 Å². The third kappa shape index (κ3) is 5.55. The van der Waals surface area contributed by atoms with Crippen molar-refractivity contribution in [1.82, 2.24) is 9.97 Å². The molecular formula is C28H30F3N3O4. The van der Waals surface area contributed by atoms with E-state index in [9.17, 15) is 13.9 Å². The van der Waals surface area contributed by atoms with Crippen LogP contribution >= 0.6 is 0 Å². The summed E-state index contributed by atoms with van der Waals surface area (Å²) in [6.07, 6.45) is 5.76. The number of terminal acetylenes is 1. The number of halogens is 3. The highest BCUT2D eigenvalue weighted by atomic mass is 19.3. The third-order valence-electron chi connectivity index (χ3n) is 6.32. The van der Waals surface area contributed by atoms with E-state index in [0.717, 1.165) is 19.9 Å². The molecule has 1 aliphatic heterocycles. The number of aliphatic hydroxyl groups is 1. The molecule has 0 radical (unpaired) electrons. The minimum absolute atomic E-state index is 0.00955. The topological polar surface area (TPSA) is 85.7 Å². The monoisotopic (exact) mass is 529 g/mol. The summed E-state index contributed by atoms with van der Waals surface area (Å²) in [5, 5.41) is 13.6. The zero-order valence-corrected chi connectivity index (χ0v) is 21.6. The fourth-order valence-electron chi connectivity index (χ4n) is 4.03. The number of nitrogens with one attached hydrogen (secondary N) is 1. The summed E-state index contributed by atoms with van der Waals surface area (Å²) >= 11 is 0. The number of aryl methyl sites for hydroxylation is 1. The predicted molar refractivity (Wildman–Crippen MR) is 137 cm³/mol. The molecule has 1 atom stereocenters. The summed E-state index contributed by atoms with van der Waals surface area (Å²) in [6, 6.07) is 6.34. The second-order valence-electron chi connectivity index (χ2n) is 9.72. The lowest BCUT2D eigenvalue weighted by atomic mass is 9.91. The summed E-state index contributed by atoms with van der Waals surface area (Å²) in [5.41, 5.74) is -2.31. The molecule has 2 N–H and O–H groups in total. The summed E-state index contributed by atoms with van der Waals surface area (Å²) in [5.74, 6) is -1.10. The Balaban J connectivity index is 1.63. The molecule has 38 heavy (non-hydrogen) atoms. The van der Waals surface area contributed by atoms with Gasteiger partial charge in [-0.25, -0.2) is 14.4 Å². The standard InChI is InChI=1S/C28H30F3N3O4/c1-6-18-12-23-21(13-24(18)38-11-10-37-19-14-36-15-19)26(34-17(3)33-23)32-16(2)20-8-7-9-22(25(20)29)28(30,31)27(4,5)35/h1,7-9,12-13,16,19,35H,10-11,14-15H2,2-5H3,(H,32,33,34). The van der Waals surface area contributed by atoms with Crippen molar-refractivity contribution in [2.75, 3.05) is 31.7 Å². The normalized spacial score (nSPS) is 15.1. The van der Waals surface area contributed by atoms with Gasteiger partial charge >= 0.3 is 5.92 Å². The van der Waals surface area contributed by atoms with E-state index in [2.05, 4.69) is 21.2 Å². The molecule has 1 saturated heterocycles. The number of ether oxygens (including phenoxy) is 3. The Kier molecular flexibility index (Phi) is 7.83. The molecule has 0 amide bonds. The minimum atomic E-state index is -3.81. The summed E-state index contributed by atoms with van der Waals surface area (Å²) < 4.78 is 61.5.